The summed E-state index contributed by atoms with van der Waals surface area (Å²) in [4.78, 5) is 28.6. The molecule has 0 unspecified atom stereocenters. The zero-order valence-electron chi connectivity index (χ0n) is 15.4. The lowest BCUT2D eigenvalue weighted by Gasteiger charge is -2.11. The summed E-state index contributed by atoms with van der Waals surface area (Å²) in [6.45, 7) is 1.90. The number of nitrogens with zero attached hydrogens (tertiary/aromatic N) is 1. The van der Waals surface area contributed by atoms with Gasteiger partial charge in [0.1, 0.15) is 0 Å². The van der Waals surface area contributed by atoms with E-state index in [4.69, 9.17) is 4.74 Å². The molecule has 0 spiro atoms. The van der Waals surface area contributed by atoms with Gasteiger partial charge in [-0.1, -0.05) is 12.1 Å². The minimum atomic E-state index is -0.993. The Morgan fingerprint density at radius 2 is 1.79 bits per heavy atom. The van der Waals surface area contributed by atoms with E-state index in [0.717, 1.165) is 12.1 Å². The predicted octanol–water partition coefficient (Wildman–Crippen LogP) is 4.53. The third-order valence-corrected chi connectivity index (χ3v) is 3.88. The highest BCUT2D eigenvalue weighted by Crippen LogP contribution is 2.21. The summed E-state index contributed by atoms with van der Waals surface area (Å²) in [5, 5.41) is 5.51. The number of para-hydroxylation sites is 1. The molecule has 2 aromatic carbocycles. The van der Waals surface area contributed by atoms with E-state index < -0.39 is 23.5 Å². The van der Waals surface area contributed by atoms with Crippen LogP contribution in [0.25, 0.3) is 0 Å². The normalized spacial score (nSPS) is 10.3. The van der Waals surface area contributed by atoms with Gasteiger partial charge >= 0.3 is 5.97 Å². The van der Waals surface area contributed by atoms with Crippen molar-refractivity contribution in [3.63, 3.8) is 0 Å². The average Bonchev–Trinajstić information content (AvgIpc) is 2.71. The van der Waals surface area contributed by atoms with E-state index in [1.807, 2.05) is 0 Å². The zero-order valence-corrected chi connectivity index (χ0v) is 15.4. The Balaban J connectivity index is 1.78. The first-order valence-corrected chi connectivity index (χ1v) is 8.72. The average molecular weight is 397 g/mol. The second-order valence-corrected chi connectivity index (χ2v) is 5.94. The fraction of sp³-hybridized carbons (Fsp3) is 0.0952. The highest BCUT2D eigenvalue weighted by Gasteiger charge is 2.15. The lowest BCUT2D eigenvalue weighted by molar-refractivity contribution is 0.0527. The number of benzene rings is 2. The van der Waals surface area contributed by atoms with Crippen LogP contribution in [0.4, 0.5) is 25.8 Å². The number of carbonyl (C=O) groups excluding carboxylic acids is 2. The molecule has 0 saturated carbocycles. The lowest BCUT2D eigenvalue weighted by atomic mass is 10.1. The number of carbonyl (C=O) groups is 2. The molecule has 3 aromatic rings. The molecule has 1 amide bonds. The van der Waals surface area contributed by atoms with Crippen molar-refractivity contribution in [1.82, 2.24) is 4.98 Å². The largest absolute Gasteiger partial charge is 0.462 e. The standard InChI is InChI=1S/C21H17F2N3O3/c1-2-29-21(28)16-5-3-4-6-19(16)26-20(27)13-9-15(12-24-11-13)25-14-7-8-17(22)18(23)10-14/h3-12,25H,2H2,1H3,(H,26,27). The van der Waals surface area contributed by atoms with Gasteiger partial charge in [-0.3, -0.25) is 9.78 Å². The van der Waals surface area contributed by atoms with Gasteiger partial charge in [-0.05, 0) is 37.3 Å². The summed E-state index contributed by atoms with van der Waals surface area (Å²) in [5.74, 6) is -2.99. The minimum Gasteiger partial charge on any atom is -0.462 e. The molecular weight excluding hydrogens is 380 g/mol. The molecule has 0 aliphatic rings. The topological polar surface area (TPSA) is 80.3 Å². The molecule has 8 heteroatoms. The van der Waals surface area contributed by atoms with E-state index in [9.17, 15) is 18.4 Å². The molecule has 0 aliphatic carbocycles. The summed E-state index contributed by atoms with van der Waals surface area (Å²) < 4.78 is 31.4. The molecule has 6 nitrogen and oxygen atoms in total. The quantitative estimate of drug-likeness (QED) is 0.598. The molecular formula is C21H17F2N3O3. The van der Waals surface area contributed by atoms with Crippen LogP contribution in [-0.2, 0) is 4.74 Å². The van der Waals surface area contributed by atoms with E-state index in [0.29, 0.717) is 17.1 Å². The van der Waals surface area contributed by atoms with Gasteiger partial charge in [0.2, 0.25) is 0 Å². The van der Waals surface area contributed by atoms with Crippen LogP contribution in [0.5, 0.6) is 0 Å². The van der Waals surface area contributed by atoms with E-state index >= 15 is 0 Å². The number of hydrogen-bond donors (Lipinski definition) is 2. The Morgan fingerprint density at radius 3 is 2.55 bits per heavy atom. The first-order chi connectivity index (χ1) is 14.0. The number of amides is 1. The van der Waals surface area contributed by atoms with Crippen molar-refractivity contribution in [1.29, 1.82) is 0 Å². The van der Waals surface area contributed by atoms with Gasteiger partial charge < -0.3 is 15.4 Å². The number of rotatable bonds is 6. The maximum atomic E-state index is 13.4. The van der Waals surface area contributed by atoms with Gasteiger partial charge in [0.05, 0.1) is 35.3 Å². The minimum absolute atomic E-state index is 0.205. The van der Waals surface area contributed by atoms with E-state index in [1.165, 1.54) is 24.5 Å². The monoisotopic (exact) mass is 397 g/mol. The molecule has 0 radical (unpaired) electrons. The van der Waals surface area contributed by atoms with Crippen LogP contribution in [0.3, 0.4) is 0 Å². The van der Waals surface area contributed by atoms with Gasteiger partial charge in [-0.15, -0.1) is 0 Å². The highest BCUT2D eigenvalue weighted by molar-refractivity contribution is 6.08. The number of halogens is 2. The van der Waals surface area contributed by atoms with Crippen LogP contribution >= 0.6 is 0 Å². The molecule has 0 aliphatic heterocycles. The van der Waals surface area contributed by atoms with Gasteiger partial charge in [0, 0.05) is 18.0 Å². The Kier molecular flexibility index (Phi) is 6.13. The van der Waals surface area contributed by atoms with Crippen LogP contribution in [0.2, 0.25) is 0 Å². The maximum absolute atomic E-state index is 13.4. The summed E-state index contributed by atoms with van der Waals surface area (Å²) in [5.41, 5.74) is 1.44. The molecule has 0 saturated heterocycles. The second kappa shape index (κ2) is 8.92. The summed E-state index contributed by atoms with van der Waals surface area (Å²) in [7, 11) is 0. The first kappa shape index (κ1) is 19.9. The van der Waals surface area contributed by atoms with Crippen molar-refractivity contribution < 1.29 is 23.1 Å². The Hall–Kier alpha value is -3.81. The lowest BCUT2D eigenvalue weighted by Crippen LogP contribution is -2.16. The van der Waals surface area contributed by atoms with Gasteiger partial charge in [-0.25, -0.2) is 13.6 Å². The second-order valence-electron chi connectivity index (χ2n) is 5.94. The molecule has 29 heavy (non-hydrogen) atoms. The van der Waals surface area contributed by atoms with Crippen molar-refractivity contribution in [2.75, 3.05) is 17.2 Å². The summed E-state index contributed by atoms with van der Waals surface area (Å²) >= 11 is 0. The van der Waals surface area contributed by atoms with Crippen molar-refractivity contribution in [3.8, 4) is 0 Å². The number of aromatic nitrogens is 1. The van der Waals surface area contributed by atoms with Crippen LogP contribution in [0, 0.1) is 11.6 Å². The predicted molar refractivity (Wildman–Crippen MR) is 104 cm³/mol. The number of esters is 1. The molecule has 2 N–H and O–H groups in total. The SMILES string of the molecule is CCOC(=O)c1ccccc1NC(=O)c1cncc(Nc2ccc(F)c(F)c2)c1. The van der Waals surface area contributed by atoms with Crippen molar-refractivity contribution in [2.45, 2.75) is 6.92 Å². The van der Waals surface area contributed by atoms with Crippen LogP contribution in [0.1, 0.15) is 27.6 Å². The number of anilines is 3. The summed E-state index contributed by atoms with van der Waals surface area (Å²) in [6.07, 6.45) is 2.78. The Labute approximate surface area is 165 Å². The third kappa shape index (κ3) is 4.92. The van der Waals surface area contributed by atoms with Crippen LogP contribution < -0.4 is 10.6 Å². The third-order valence-electron chi connectivity index (χ3n) is 3.88. The van der Waals surface area contributed by atoms with Gasteiger partial charge in [0.15, 0.2) is 11.6 Å². The molecule has 148 valence electrons. The Morgan fingerprint density at radius 1 is 1.00 bits per heavy atom. The van der Waals surface area contributed by atoms with Crippen molar-refractivity contribution in [3.05, 3.63) is 83.7 Å². The Bertz CT molecular complexity index is 1060. The molecule has 0 bridgehead atoms. The fourth-order valence-corrected chi connectivity index (χ4v) is 2.55. The molecule has 1 heterocycles. The maximum Gasteiger partial charge on any atom is 0.340 e. The first-order valence-electron chi connectivity index (χ1n) is 8.72. The summed E-state index contributed by atoms with van der Waals surface area (Å²) in [6, 6.07) is 11.3. The van der Waals surface area contributed by atoms with E-state index in [1.54, 1.807) is 31.2 Å². The van der Waals surface area contributed by atoms with Crippen molar-refractivity contribution in [2.24, 2.45) is 0 Å². The molecule has 3 rings (SSSR count). The number of hydrogen-bond acceptors (Lipinski definition) is 5. The van der Waals surface area contributed by atoms with E-state index in [2.05, 4.69) is 15.6 Å². The zero-order chi connectivity index (χ0) is 20.8. The van der Waals surface area contributed by atoms with Crippen LogP contribution in [0.15, 0.2) is 60.9 Å². The molecule has 1 aromatic heterocycles. The number of ether oxygens (including phenoxy) is 1. The van der Waals surface area contributed by atoms with Crippen LogP contribution in [-0.4, -0.2) is 23.5 Å². The highest BCUT2D eigenvalue weighted by atomic mass is 19.2. The molecule has 0 fully saturated rings. The molecule has 0 atom stereocenters. The number of nitrogens with one attached hydrogen (secondary N) is 2. The van der Waals surface area contributed by atoms with Gasteiger partial charge in [-0.2, -0.15) is 0 Å². The smallest absolute Gasteiger partial charge is 0.340 e. The van der Waals surface area contributed by atoms with Gasteiger partial charge in [0.25, 0.3) is 5.91 Å². The van der Waals surface area contributed by atoms with E-state index in [-0.39, 0.29) is 17.7 Å². The van der Waals surface area contributed by atoms with Crippen molar-refractivity contribution >= 4 is 28.9 Å². The fourth-order valence-electron chi connectivity index (χ4n) is 2.55. The number of pyridine rings is 1.